The SMILES string of the molecule is CC(C)(CNCc1cccc([N+](=O)[O-])c1)c1cccs1. The van der Waals surface area contributed by atoms with Crippen LogP contribution in [-0.2, 0) is 12.0 Å². The zero-order valence-electron chi connectivity index (χ0n) is 11.6. The highest BCUT2D eigenvalue weighted by Crippen LogP contribution is 2.26. The minimum atomic E-state index is -0.362. The van der Waals surface area contributed by atoms with Crippen LogP contribution in [-0.4, -0.2) is 11.5 Å². The summed E-state index contributed by atoms with van der Waals surface area (Å²) in [6.45, 7) is 5.85. The van der Waals surface area contributed by atoms with Gasteiger partial charge in [-0.2, -0.15) is 0 Å². The van der Waals surface area contributed by atoms with Crippen molar-refractivity contribution in [2.24, 2.45) is 0 Å². The molecule has 0 aliphatic rings. The smallest absolute Gasteiger partial charge is 0.269 e. The Morgan fingerprint density at radius 2 is 2.10 bits per heavy atom. The molecular formula is C15H18N2O2S. The number of thiophene rings is 1. The summed E-state index contributed by atoms with van der Waals surface area (Å²) >= 11 is 1.75. The van der Waals surface area contributed by atoms with Gasteiger partial charge in [0, 0.05) is 35.5 Å². The lowest BCUT2D eigenvalue weighted by Gasteiger charge is -2.23. The molecule has 0 saturated carbocycles. The largest absolute Gasteiger partial charge is 0.312 e. The molecule has 0 aliphatic carbocycles. The van der Waals surface area contributed by atoms with Crippen molar-refractivity contribution in [3.05, 3.63) is 62.3 Å². The maximum atomic E-state index is 10.7. The average Bonchev–Trinajstić information content (AvgIpc) is 2.93. The highest BCUT2D eigenvalue weighted by Gasteiger charge is 2.21. The first kappa shape index (κ1) is 14.7. The molecule has 2 aromatic rings. The first-order valence-electron chi connectivity index (χ1n) is 6.47. The van der Waals surface area contributed by atoms with Gasteiger partial charge in [0.2, 0.25) is 0 Å². The van der Waals surface area contributed by atoms with Crippen molar-refractivity contribution in [3.63, 3.8) is 0 Å². The van der Waals surface area contributed by atoms with Crippen molar-refractivity contribution in [1.82, 2.24) is 5.32 Å². The third kappa shape index (κ3) is 3.65. The van der Waals surface area contributed by atoms with Crippen LogP contribution in [0.3, 0.4) is 0 Å². The Hall–Kier alpha value is -1.72. The van der Waals surface area contributed by atoms with Gasteiger partial charge in [-0.3, -0.25) is 10.1 Å². The summed E-state index contributed by atoms with van der Waals surface area (Å²) < 4.78 is 0. The van der Waals surface area contributed by atoms with Gasteiger partial charge in [0.25, 0.3) is 5.69 Å². The lowest BCUT2D eigenvalue weighted by molar-refractivity contribution is -0.384. The Morgan fingerprint density at radius 1 is 1.30 bits per heavy atom. The van der Waals surface area contributed by atoms with Crippen LogP contribution in [0.4, 0.5) is 5.69 Å². The summed E-state index contributed by atoms with van der Waals surface area (Å²) in [4.78, 5) is 11.7. The van der Waals surface area contributed by atoms with E-state index < -0.39 is 0 Å². The third-order valence-electron chi connectivity index (χ3n) is 3.21. The third-order valence-corrected chi connectivity index (χ3v) is 4.44. The first-order valence-corrected chi connectivity index (χ1v) is 7.35. The molecule has 0 aliphatic heterocycles. The number of benzene rings is 1. The molecule has 0 fully saturated rings. The molecule has 1 N–H and O–H groups in total. The van der Waals surface area contributed by atoms with Crippen LogP contribution < -0.4 is 5.32 Å². The lowest BCUT2D eigenvalue weighted by atomic mass is 9.91. The van der Waals surface area contributed by atoms with Crippen LogP contribution in [0.1, 0.15) is 24.3 Å². The van der Waals surface area contributed by atoms with E-state index in [1.54, 1.807) is 23.5 Å². The van der Waals surface area contributed by atoms with Crippen LogP contribution in [0.25, 0.3) is 0 Å². The van der Waals surface area contributed by atoms with Gasteiger partial charge in [-0.15, -0.1) is 11.3 Å². The second-order valence-electron chi connectivity index (χ2n) is 5.39. The van der Waals surface area contributed by atoms with Gasteiger partial charge in [0.15, 0.2) is 0 Å². The minimum Gasteiger partial charge on any atom is -0.312 e. The number of rotatable bonds is 6. The van der Waals surface area contributed by atoms with Crippen molar-refractivity contribution in [2.75, 3.05) is 6.54 Å². The zero-order valence-corrected chi connectivity index (χ0v) is 12.4. The standard InChI is InChI=1S/C15H18N2O2S/c1-15(2,14-7-4-8-20-14)11-16-10-12-5-3-6-13(9-12)17(18)19/h3-9,16H,10-11H2,1-2H3. The quantitative estimate of drug-likeness (QED) is 0.651. The van der Waals surface area contributed by atoms with E-state index in [9.17, 15) is 10.1 Å². The van der Waals surface area contributed by atoms with Crippen molar-refractivity contribution < 1.29 is 4.92 Å². The normalized spacial score (nSPS) is 11.5. The molecule has 20 heavy (non-hydrogen) atoms. The molecule has 0 bridgehead atoms. The molecule has 0 saturated heterocycles. The fourth-order valence-electron chi connectivity index (χ4n) is 2.05. The molecule has 1 heterocycles. The maximum absolute atomic E-state index is 10.7. The van der Waals surface area contributed by atoms with Crippen LogP contribution >= 0.6 is 11.3 Å². The van der Waals surface area contributed by atoms with Gasteiger partial charge in [-0.1, -0.05) is 32.0 Å². The average molecular weight is 290 g/mol. The molecule has 106 valence electrons. The predicted molar refractivity (Wildman–Crippen MR) is 82.1 cm³/mol. The van der Waals surface area contributed by atoms with Crippen LogP contribution in [0.5, 0.6) is 0 Å². The van der Waals surface area contributed by atoms with E-state index in [0.717, 1.165) is 12.1 Å². The van der Waals surface area contributed by atoms with E-state index in [4.69, 9.17) is 0 Å². The maximum Gasteiger partial charge on any atom is 0.269 e. The number of nitrogens with zero attached hydrogens (tertiary/aromatic N) is 1. The summed E-state index contributed by atoms with van der Waals surface area (Å²) in [7, 11) is 0. The summed E-state index contributed by atoms with van der Waals surface area (Å²) in [6.07, 6.45) is 0. The van der Waals surface area contributed by atoms with Gasteiger partial charge in [0.05, 0.1) is 4.92 Å². The summed E-state index contributed by atoms with van der Waals surface area (Å²) in [5.41, 5.74) is 1.14. The number of hydrogen-bond acceptors (Lipinski definition) is 4. The molecule has 0 amide bonds. The van der Waals surface area contributed by atoms with Gasteiger partial charge in [-0.05, 0) is 17.0 Å². The van der Waals surface area contributed by atoms with Crippen molar-refractivity contribution in [2.45, 2.75) is 25.8 Å². The fourth-order valence-corrected chi connectivity index (χ4v) is 2.90. The van der Waals surface area contributed by atoms with Gasteiger partial charge >= 0.3 is 0 Å². The van der Waals surface area contributed by atoms with Gasteiger partial charge < -0.3 is 5.32 Å². The number of non-ortho nitro benzene ring substituents is 1. The molecule has 0 atom stereocenters. The van der Waals surface area contributed by atoms with Crippen molar-refractivity contribution in [3.8, 4) is 0 Å². The van der Waals surface area contributed by atoms with Gasteiger partial charge in [-0.25, -0.2) is 0 Å². The van der Waals surface area contributed by atoms with Crippen molar-refractivity contribution in [1.29, 1.82) is 0 Å². The molecule has 0 unspecified atom stereocenters. The monoisotopic (exact) mass is 290 g/mol. The fraction of sp³-hybridized carbons (Fsp3) is 0.333. The van der Waals surface area contributed by atoms with Crippen molar-refractivity contribution >= 4 is 17.0 Å². The van der Waals surface area contributed by atoms with E-state index in [2.05, 4.69) is 36.7 Å². The van der Waals surface area contributed by atoms with E-state index in [1.807, 2.05) is 6.07 Å². The molecular weight excluding hydrogens is 272 g/mol. The number of nitro groups is 1. The predicted octanol–water partition coefficient (Wildman–Crippen LogP) is 3.72. The number of nitro benzene ring substituents is 1. The Bertz CT molecular complexity index is 579. The first-order chi connectivity index (χ1) is 9.49. The molecule has 1 aromatic heterocycles. The number of nitrogens with one attached hydrogen (secondary N) is 1. The Balaban J connectivity index is 1.93. The van der Waals surface area contributed by atoms with Crippen LogP contribution in [0.2, 0.25) is 0 Å². The Morgan fingerprint density at radius 3 is 2.75 bits per heavy atom. The number of hydrogen-bond donors (Lipinski definition) is 1. The minimum absolute atomic E-state index is 0.0644. The summed E-state index contributed by atoms with van der Waals surface area (Å²) in [5.74, 6) is 0. The van der Waals surface area contributed by atoms with Gasteiger partial charge in [0.1, 0.15) is 0 Å². The molecule has 1 aromatic carbocycles. The molecule has 0 radical (unpaired) electrons. The lowest BCUT2D eigenvalue weighted by Crippen LogP contribution is -2.31. The molecule has 0 spiro atoms. The highest BCUT2D eigenvalue weighted by molar-refractivity contribution is 7.10. The second-order valence-corrected chi connectivity index (χ2v) is 6.34. The Labute approximate surface area is 122 Å². The van der Waals surface area contributed by atoms with Crippen LogP contribution in [0.15, 0.2) is 41.8 Å². The van der Waals surface area contributed by atoms with E-state index in [-0.39, 0.29) is 16.0 Å². The zero-order chi connectivity index (χ0) is 14.6. The molecule has 2 rings (SSSR count). The second kappa shape index (κ2) is 6.15. The molecule has 5 heteroatoms. The van der Waals surface area contributed by atoms with Crippen LogP contribution in [0, 0.1) is 10.1 Å². The highest BCUT2D eigenvalue weighted by atomic mass is 32.1. The summed E-state index contributed by atoms with van der Waals surface area (Å²) in [5, 5.41) is 16.2. The van der Waals surface area contributed by atoms with E-state index in [0.29, 0.717) is 6.54 Å². The van der Waals surface area contributed by atoms with E-state index >= 15 is 0 Å². The topological polar surface area (TPSA) is 55.2 Å². The van der Waals surface area contributed by atoms with E-state index in [1.165, 1.54) is 10.9 Å². The Kier molecular flexibility index (Phi) is 4.52. The summed E-state index contributed by atoms with van der Waals surface area (Å²) in [6, 6.07) is 10.9. The molecule has 4 nitrogen and oxygen atoms in total.